The normalized spacial score (nSPS) is 14.0. The molecule has 0 saturated carbocycles. The number of alkyl carbamates (subject to hydrolysis) is 1. The number of amides is 1. The Labute approximate surface area is 170 Å². The number of nitrogens with one attached hydrogen (secondary N) is 1. The van der Waals surface area contributed by atoms with Gasteiger partial charge in [-0.15, -0.1) is 0 Å². The van der Waals surface area contributed by atoms with Crippen molar-refractivity contribution in [1.82, 2.24) is 5.32 Å². The highest BCUT2D eigenvalue weighted by molar-refractivity contribution is 5.79. The van der Waals surface area contributed by atoms with Crippen LogP contribution in [0.15, 0.2) is 48.5 Å². The van der Waals surface area contributed by atoms with E-state index in [0.29, 0.717) is 6.61 Å². The van der Waals surface area contributed by atoms with Crippen LogP contribution in [0.2, 0.25) is 0 Å². The van der Waals surface area contributed by atoms with Gasteiger partial charge in [0.25, 0.3) is 0 Å². The standard InChI is InChI=1S/C23H27NO5/c1-23(2,14-28-3)20(12-21(25)26)24-22(27)29-13-19-17-10-6-4-8-15(17)16-9-5-7-11-18(16)19/h4-11,19-20H,12-14H2,1-3H3,(H,24,27)(H,25,26). The summed E-state index contributed by atoms with van der Waals surface area (Å²) in [5.41, 5.74) is 4.01. The molecule has 2 aromatic rings. The molecule has 0 aromatic heterocycles. The molecule has 29 heavy (non-hydrogen) atoms. The highest BCUT2D eigenvalue weighted by atomic mass is 16.5. The Morgan fingerprint density at radius 3 is 2.14 bits per heavy atom. The highest BCUT2D eigenvalue weighted by Gasteiger charge is 2.34. The number of rotatable bonds is 8. The Hall–Kier alpha value is -2.86. The van der Waals surface area contributed by atoms with Crippen molar-refractivity contribution in [3.63, 3.8) is 0 Å². The van der Waals surface area contributed by atoms with E-state index in [-0.39, 0.29) is 18.9 Å². The van der Waals surface area contributed by atoms with Crippen LogP contribution in [0.3, 0.4) is 0 Å². The third-order valence-corrected chi connectivity index (χ3v) is 5.47. The van der Waals surface area contributed by atoms with Gasteiger partial charge in [0.1, 0.15) is 6.61 Å². The summed E-state index contributed by atoms with van der Waals surface area (Å²) in [5.74, 6) is -1.03. The maximum Gasteiger partial charge on any atom is 0.407 e. The van der Waals surface area contributed by atoms with Crippen LogP contribution in [-0.2, 0) is 14.3 Å². The number of ether oxygens (including phenoxy) is 2. The third-order valence-electron chi connectivity index (χ3n) is 5.47. The van der Waals surface area contributed by atoms with E-state index in [1.54, 1.807) is 7.11 Å². The number of carbonyl (C=O) groups is 2. The van der Waals surface area contributed by atoms with Crippen LogP contribution in [0.4, 0.5) is 4.79 Å². The molecule has 0 spiro atoms. The number of benzene rings is 2. The monoisotopic (exact) mass is 397 g/mol. The molecule has 0 aliphatic heterocycles. The molecule has 0 fully saturated rings. The van der Waals surface area contributed by atoms with Crippen molar-refractivity contribution in [3.8, 4) is 11.1 Å². The largest absolute Gasteiger partial charge is 0.481 e. The van der Waals surface area contributed by atoms with Gasteiger partial charge in [-0.1, -0.05) is 62.4 Å². The number of carbonyl (C=O) groups excluding carboxylic acids is 1. The summed E-state index contributed by atoms with van der Waals surface area (Å²) in [6.07, 6.45) is -0.831. The molecule has 2 N–H and O–H groups in total. The fraction of sp³-hybridized carbons (Fsp3) is 0.391. The number of hydrogen-bond acceptors (Lipinski definition) is 4. The molecule has 0 radical (unpaired) electrons. The lowest BCUT2D eigenvalue weighted by Gasteiger charge is -2.33. The number of carboxylic acids is 1. The Morgan fingerprint density at radius 2 is 1.62 bits per heavy atom. The van der Waals surface area contributed by atoms with E-state index >= 15 is 0 Å². The van der Waals surface area contributed by atoms with Crippen LogP contribution in [-0.4, -0.2) is 43.5 Å². The van der Waals surface area contributed by atoms with E-state index in [2.05, 4.69) is 29.6 Å². The van der Waals surface area contributed by atoms with Crippen LogP contribution < -0.4 is 5.32 Å². The average molecular weight is 397 g/mol. The predicted molar refractivity (Wildman–Crippen MR) is 110 cm³/mol. The van der Waals surface area contributed by atoms with Gasteiger partial charge < -0.3 is 19.9 Å². The summed E-state index contributed by atoms with van der Waals surface area (Å²) in [6.45, 7) is 4.21. The minimum absolute atomic E-state index is 0.0435. The zero-order valence-corrected chi connectivity index (χ0v) is 17.0. The molecule has 154 valence electrons. The molecule has 1 aliphatic rings. The summed E-state index contributed by atoms with van der Waals surface area (Å²) in [7, 11) is 1.55. The zero-order valence-electron chi connectivity index (χ0n) is 17.0. The number of carboxylic acid groups (broad SMARTS) is 1. The summed E-state index contributed by atoms with van der Waals surface area (Å²) in [5, 5.41) is 11.9. The van der Waals surface area contributed by atoms with Crippen LogP contribution in [0.5, 0.6) is 0 Å². The molecule has 6 heteroatoms. The second-order valence-electron chi connectivity index (χ2n) is 8.04. The van der Waals surface area contributed by atoms with Crippen molar-refractivity contribution < 1.29 is 24.2 Å². The molecule has 1 atom stereocenters. The second kappa shape index (κ2) is 8.66. The Balaban J connectivity index is 1.71. The molecule has 1 aliphatic carbocycles. The van der Waals surface area contributed by atoms with Gasteiger partial charge in [0.05, 0.1) is 13.0 Å². The van der Waals surface area contributed by atoms with E-state index in [0.717, 1.165) is 22.3 Å². The molecular weight excluding hydrogens is 370 g/mol. The summed E-state index contributed by atoms with van der Waals surface area (Å²) in [4.78, 5) is 23.8. The van der Waals surface area contributed by atoms with Crippen LogP contribution in [0.25, 0.3) is 11.1 Å². The van der Waals surface area contributed by atoms with Gasteiger partial charge in [0, 0.05) is 24.5 Å². The first kappa shape index (κ1) is 20.9. The van der Waals surface area contributed by atoms with Crippen molar-refractivity contribution in [2.45, 2.75) is 32.2 Å². The Kier molecular flexibility index (Phi) is 6.23. The first-order valence-corrected chi connectivity index (χ1v) is 9.65. The van der Waals surface area contributed by atoms with E-state index in [4.69, 9.17) is 9.47 Å². The first-order valence-electron chi connectivity index (χ1n) is 9.65. The molecule has 0 saturated heterocycles. The second-order valence-corrected chi connectivity index (χ2v) is 8.04. The molecular formula is C23H27NO5. The molecule has 2 aromatic carbocycles. The van der Waals surface area contributed by atoms with Crippen molar-refractivity contribution >= 4 is 12.1 Å². The van der Waals surface area contributed by atoms with E-state index < -0.39 is 23.5 Å². The third kappa shape index (κ3) is 4.59. The molecule has 3 rings (SSSR count). The molecule has 0 bridgehead atoms. The molecule has 1 amide bonds. The van der Waals surface area contributed by atoms with Crippen molar-refractivity contribution in [2.24, 2.45) is 5.41 Å². The molecule has 6 nitrogen and oxygen atoms in total. The van der Waals surface area contributed by atoms with Gasteiger partial charge in [0.15, 0.2) is 0 Å². The predicted octanol–water partition coefficient (Wildman–Crippen LogP) is 4.04. The van der Waals surface area contributed by atoms with Crippen molar-refractivity contribution in [1.29, 1.82) is 0 Å². The average Bonchev–Trinajstić information content (AvgIpc) is 2.99. The van der Waals surface area contributed by atoms with Crippen LogP contribution in [0.1, 0.15) is 37.3 Å². The lowest BCUT2D eigenvalue weighted by atomic mass is 9.83. The minimum atomic E-state index is -0.988. The minimum Gasteiger partial charge on any atom is -0.481 e. The highest BCUT2D eigenvalue weighted by Crippen LogP contribution is 2.44. The maximum atomic E-state index is 12.5. The first-order chi connectivity index (χ1) is 13.8. The van der Waals surface area contributed by atoms with Gasteiger partial charge in [0.2, 0.25) is 0 Å². The number of fused-ring (bicyclic) bond motifs is 3. The fourth-order valence-electron chi connectivity index (χ4n) is 3.95. The van der Waals surface area contributed by atoms with E-state index in [1.165, 1.54) is 0 Å². The Bertz CT molecular complexity index is 847. The zero-order chi connectivity index (χ0) is 21.0. The van der Waals surface area contributed by atoms with Gasteiger partial charge >= 0.3 is 12.1 Å². The Morgan fingerprint density at radius 1 is 1.07 bits per heavy atom. The van der Waals surface area contributed by atoms with E-state index in [1.807, 2.05) is 38.1 Å². The van der Waals surface area contributed by atoms with Gasteiger partial charge in [-0.05, 0) is 22.3 Å². The van der Waals surface area contributed by atoms with Gasteiger partial charge in [-0.3, -0.25) is 4.79 Å². The maximum absolute atomic E-state index is 12.5. The van der Waals surface area contributed by atoms with Crippen molar-refractivity contribution in [3.05, 3.63) is 59.7 Å². The molecule has 0 heterocycles. The fourth-order valence-corrected chi connectivity index (χ4v) is 3.95. The lowest BCUT2D eigenvalue weighted by molar-refractivity contribution is -0.138. The number of hydrogen-bond donors (Lipinski definition) is 2. The number of methoxy groups -OCH3 is 1. The van der Waals surface area contributed by atoms with Gasteiger partial charge in [-0.25, -0.2) is 4.79 Å². The van der Waals surface area contributed by atoms with Crippen LogP contribution in [0, 0.1) is 5.41 Å². The smallest absolute Gasteiger partial charge is 0.407 e. The summed E-state index contributed by atoms with van der Waals surface area (Å²) < 4.78 is 10.7. The summed E-state index contributed by atoms with van der Waals surface area (Å²) in [6, 6.07) is 15.6. The van der Waals surface area contributed by atoms with Crippen LogP contribution >= 0.6 is 0 Å². The number of aliphatic carboxylic acids is 1. The molecule has 1 unspecified atom stereocenters. The van der Waals surface area contributed by atoms with E-state index in [9.17, 15) is 14.7 Å². The topological polar surface area (TPSA) is 84.9 Å². The SMILES string of the molecule is COCC(C)(C)C(CC(=O)O)NC(=O)OCC1c2ccccc2-c2ccccc21. The van der Waals surface area contributed by atoms with Crippen molar-refractivity contribution in [2.75, 3.05) is 20.3 Å². The van der Waals surface area contributed by atoms with Gasteiger partial charge in [-0.2, -0.15) is 0 Å². The summed E-state index contributed by atoms with van der Waals surface area (Å²) >= 11 is 0. The quantitative estimate of drug-likeness (QED) is 0.702. The lowest BCUT2D eigenvalue weighted by Crippen LogP contribution is -2.48.